The minimum atomic E-state index is -2.90. The van der Waals surface area contributed by atoms with Crippen molar-refractivity contribution in [3.05, 3.63) is 26.8 Å². The third-order valence-corrected chi connectivity index (χ3v) is 4.93. The molecule has 3 nitrogen and oxygen atoms in total. The van der Waals surface area contributed by atoms with Gasteiger partial charge in [-0.05, 0) is 40.8 Å². The van der Waals surface area contributed by atoms with Crippen LogP contribution in [-0.2, 0) is 9.84 Å². The lowest BCUT2D eigenvalue weighted by molar-refractivity contribution is 0.597. The van der Waals surface area contributed by atoms with E-state index in [0.29, 0.717) is 11.6 Å². The van der Waals surface area contributed by atoms with Gasteiger partial charge in [-0.25, -0.2) is 8.42 Å². The molecular weight excluding hydrogens is 361 g/mol. The van der Waals surface area contributed by atoms with Gasteiger partial charge in [0.2, 0.25) is 0 Å². The molecule has 0 aliphatic carbocycles. The van der Waals surface area contributed by atoms with Crippen LogP contribution in [-0.4, -0.2) is 26.5 Å². The standard InChI is InChI=1S/C10H13ClINO2S/c1-2-16(14,15)6-5-13-10-4-3-8(11)7-9(10)12/h3-4,7,13H,2,5-6H2,1H3. The van der Waals surface area contributed by atoms with Gasteiger partial charge in [0.25, 0.3) is 0 Å². The summed E-state index contributed by atoms with van der Waals surface area (Å²) in [6.07, 6.45) is 0. The zero-order chi connectivity index (χ0) is 12.2. The highest BCUT2D eigenvalue weighted by atomic mass is 127. The first-order chi connectivity index (χ1) is 7.44. The summed E-state index contributed by atoms with van der Waals surface area (Å²) < 4.78 is 23.5. The zero-order valence-corrected chi connectivity index (χ0v) is 12.6. The van der Waals surface area contributed by atoms with Crippen LogP contribution >= 0.6 is 34.2 Å². The number of sulfone groups is 1. The summed E-state index contributed by atoms with van der Waals surface area (Å²) in [5.41, 5.74) is 0.913. The Morgan fingerprint density at radius 1 is 1.44 bits per heavy atom. The summed E-state index contributed by atoms with van der Waals surface area (Å²) >= 11 is 7.98. The van der Waals surface area contributed by atoms with Gasteiger partial charge in [-0.15, -0.1) is 0 Å². The van der Waals surface area contributed by atoms with E-state index in [1.165, 1.54) is 0 Å². The predicted molar refractivity (Wildman–Crippen MR) is 77.0 cm³/mol. The van der Waals surface area contributed by atoms with E-state index in [9.17, 15) is 8.42 Å². The fraction of sp³-hybridized carbons (Fsp3) is 0.400. The second kappa shape index (κ2) is 6.07. The molecule has 90 valence electrons. The maximum atomic E-state index is 11.3. The first-order valence-electron chi connectivity index (χ1n) is 4.84. The average Bonchev–Trinajstić information content (AvgIpc) is 2.21. The molecule has 0 atom stereocenters. The van der Waals surface area contributed by atoms with E-state index in [1.807, 2.05) is 12.1 Å². The summed E-state index contributed by atoms with van der Waals surface area (Å²) in [6, 6.07) is 5.46. The quantitative estimate of drug-likeness (QED) is 0.807. The summed E-state index contributed by atoms with van der Waals surface area (Å²) in [5, 5.41) is 3.76. The van der Waals surface area contributed by atoms with Crippen LogP contribution in [0.2, 0.25) is 5.02 Å². The van der Waals surface area contributed by atoms with Gasteiger partial charge in [0.1, 0.15) is 0 Å². The Morgan fingerprint density at radius 2 is 2.12 bits per heavy atom. The normalized spacial score (nSPS) is 11.4. The first kappa shape index (κ1) is 14.1. The summed E-state index contributed by atoms with van der Waals surface area (Å²) in [7, 11) is -2.90. The van der Waals surface area contributed by atoms with Crippen molar-refractivity contribution in [3.63, 3.8) is 0 Å². The highest BCUT2D eigenvalue weighted by molar-refractivity contribution is 14.1. The van der Waals surface area contributed by atoms with E-state index < -0.39 is 9.84 Å². The Bertz CT molecular complexity index is 462. The number of anilines is 1. The van der Waals surface area contributed by atoms with Gasteiger partial charge in [0.15, 0.2) is 9.84 Å². The predicted octanol–water partition coefficient (Wildman–Crippen LogP) is 2.79. The van der Waals surface area contributed by atoms with Crippen molar-refractivity contribution in [2.45, 2.75) is 6.92 Å². The van der Waals surface area contributed by atoms with E-state index in [-0.39, 0.29) is 11.5 Å². The lowest BCUT2D eigenvalue weighted by Gasteiger charge is -2.08. The van der Waals surface area contributed by atoms with Crippen molar-refractivity contribution in [1.82, 2.24) is 0 Å². The molecule has 0 unspecified atom stereocenters. The molecule has 0 spiro atoms. The molecule has 0 saturated carbocycles. The molecular formula is C10H13ClINO2S. The molecule has 0 aromatic heterocycles. The van der Waals surface area contributed by atoms with Gasteiger partial charge in [0.05, 0.1) is 5.75 Å². The van der Waals surface area contributed by atoms with Crippen LogP contribution in [0.25, 0.3) is 0 Å². The number of rotatable bonds is 5. The van der Waals surface area contributed by atoms with Crippen molar-refractivity contribution >= 4 is 49.7 Å². The van der Waals surface area contributed by atoms with Gasteiger partial charge in [-0.1, -0.05) is 18.5 Å². The Balaban J connectivity index is 2.56. The number of hydrogen-bond acceptors (Lipinski definition) is 3. The van der Waals surface area contributed by atoms with Gasteiger partial charge in [-0.3, -0.25) is 0 Å². The maximum absolute atomic E-state index is 11.3. The first-order valence-corrected chi connectivity index (χ1v) is 8.12. The van der Waals surface area contributed by atoms with Crippen molar-refractivity contribution in [2.75, 3.05) is 23.4 Å². The van der Waals surface area contributed by atoms with Crippen LogP contribution < -0.4 is 5.32 Å². The molecule has 0 heterocycles. The van der Waals surface area contributed by atoms with Crippen LogP contribution in [0.3, 0.4) is 0 Å². The van der Waals surface area contributed by atoms with E-state index in [1.54, 1.807) is 13.0 Å². The third kappa shape index (κ3) is 4.47. The van der Waals surface area contributed by atoms with Crippen molar-refractivity contribution in [2.24, 2.45) is 0 Å². The minimum absolute atomic E-state index is 0.155. The van der Waals surface area contributed by atoms with E-state index in [0.717, 1.165) is 9.26 Å². The highest BCUT2D eigenvalue weighted by Crippen LogP contribution is 2.21. The molecule has 0 aliphatic rings. The Morgan fingerprint density at radius 3 is 2.69 bits per heavy atom. The zero-order valence-electron chi connectivity index (χ0n) is 8.83. The van der Waals surface area contributed by atoms with Crippen LogP contribution in [0.5, 0.6) is 0 Å². The maximum Gasteiger partial charge on any atom is 0.151 e. The summed E-state index contributed by atoms with van der Waals surface area (Å²) in [5.74, 6) is 0.342. The molecule has 6 heteroatoms. The molecule has 1 aromatic rings. The van der Waals surface area contributed by atoms with Crippen LogP contribution in [0.4, 0.5) is 5.69 Å². The van der Waals surface area contributed by atoms with Crippen molar-refractivity contribution < 1.29 is 8.42 Å². The molecule has 0 saturated heterocycles. The van der Waals surface area contributed by atoms with E-state index >= 15 is 0 Å². The van der Waals surface area contributed by atoms with Gasteiger partial charge in [0, 0.05) is 26.6 Å². The average molecular weight is 374 g/mol. The molecule has 0 fully saturated rings. The summed E-state index contributed by atoms with van der Waals surface area (Å²) in [6.45, 7) is 2.08. The van der Waals surface area contributed by atoms with Gasteiger partial charge >= 0.3 is 0 Å². The Hall–Kier alpha value is -0.0100. The third-order valence-electron chi connectivity index (χ3n) is 2.10. The monoisotopic (exact) mass is 373 g/mol. The summed E-state index contributed by atoms with van der Waals surface area (Å²) in [4.78, 5) is 0. The lowest BCUT2D eigenvalue weighted by atomic mass is 10.3. The number of benzene rings is 1. The molecule has 1 aromatic carbocycles. The lowest BCUT2D eigenvalue weighted by Crippen LogP contribution is -2.17. The second-order valence-corrected chi connectivity index (χ2v) is 7.36. The molecule has 16 heavy (non-hydrogen) atoms. The van der Waals surface area contributed by atoms with Gasteiger partial charge in [-0.2, -0.15) is 0 Å². The van der Waals surface area contributed by atoms with Crippen LogP contribution in [0, 0.1) is 3.57 Å². The van der Waals surface area contributed by atoms with Gasteiger partial charge < -0.3 is 5.32 Å². The molecule has 1 N–H and O–H groups in total. The molecule has 0 aliphatic heterocycles. The molecule has 1 rings (SSSR count). The number of hydrogen-bond donors (Lipinski definition) is 1. The smallest absolute Gasteiger partial charge is 0.151 e. The van der Waals surface area contributed by atoms with Crippen LogP contribution in [0.1, 0.15) is 6.92 Å². The Labute approximate surface area is 115 Å². The van der Waals surface area contributed by atoms with E-state index in [2.05, 4.69) is 27.9 Å². The fourth-order valence-corrected chi connectivity index (χ4v) is 2.88. The van der Waals surface area contributed by atoms with Crippen LogP contribution in [0.15, 0.2) is 18.2 Å². The van der Waals surface area contributed by atoms with E-state index in [4.69, 9.17) is 11.6 Å². The highest BCUT2D eigenvalue weighted by Gasteiger charge is 2.07. The van der Waals surface area contributed by atoms with Crippen molar-refractivity contribution in [3.8, 4) is 0 Å². The SMILES string of the molecule is CCS(=O)(=O)CCNc1ccc(Cl)cc1I. The number of halogens is 2. The topological polar surface area (TPSA) is 46.2 Å². The minimum Gasteiger partial charge on any atom is -0.383 e. The molecule has 0 amide bonds. The fourth-order valence-electron chi connectivity index (χ4n) is 1.12. The Kier molecular flexibility index (Phi) is 5.33. The molecule has 0 radical (unpaired) electrons. The second-order valence-electron chi connectivity index (χ2n) is 3.29. The number of nitrogens with one attached hydrogen (secondary N) is 1. The largest absolute Gasteiger partial charge is 0.383 e. The van der Waals surface area contributed by atoms with Crippen molar-refractivity contribution in [1.29, 1.82) is 0 Å². The molecule has 0 bridgehead atoms.